The van der Waals surface area contributed by atoms with Gasteiger partial charge in [-0.05, 0) is 45.0 Å². The molecule has 1 aliphatic rings. The Labute approximate surface area is 123 Å². The summed E-state index contributed by atoms with van der Waals surface area (Å²) in [5, 5.41) is 8.92. The van der Waals surface area contributed by atoms with Crippen molar-refractivity contribution in [3.8, 4) is 0 Å². The van der Waals surface area contributed by atoms with Crippen molar-refractivity contribution < 1.29 is 22.7 Å². The number of benzene rings is 1. The molecule has 0 radical (unpaired) electrons. The van der Waals surface area contributed by atoms with Gasteiger partial charge in [-0.2, -0.15) is 0 Å². The molecule has 21 heavy (non-hydrogen) atoms. The molecule has 0 spiro atoms. The normalized spacial score (nSPS) is 16.3. The topological polar surface area (TPSA) is 74.7 Å². The highest BCUT2D eigenvalue weighted by molar-refractivity contribution is 7.91. The second kappa shape index (κ2) is 6.11. The molecule has 0 unspecified atom stereocenters. The van der Waals surface area contributed by atoms with Crippen molar-refractivity contribution in [2.45, 2.75) is 24.7 Å². The summed E-state index contributed by atoms with van der Waals surface area (Å²) in [5.74, 6) is -2.28. The molecule has 116 valence electrons. The van der Waals surface area contributed by atoms with Crippen LogP contribution in [0.25, 0.3) is 0 Å². The number of carboxylic acid groups (broad SMARTS) is 1. The molecule has 0 bridgehead atoms. The SMILES string of the molecule is Cc1c(F)cc(C(=O)O)cc1S(=O)(=O)CCN1CCCC1. The molecule has 1 aromatic rings. The second-order valence-electron chi connectivity index (χ2n) is 5.25. The molecule has 0 amide bonds. The lowest BCUT2D eigenvalue weighted by Crippen LogP contribution is -2.27. The lowest BCUT2D eigenvalue weighted by atomic mass is 10.1. The largest absolute Gasteiger partial charge is 0.478 e. The van der Waals surface area contributed by atoms with E-state index in [1.807, 2.05) is 4.90 Å². The highest BCUT2D eigenvalue weighted by Gasteiger charge is 2.23. The Bertz CT molecular complexity index is 651. The van der Waals surface area contributed by atoms with Crippen LogP contribution in [0.3, 0.4) is 0 Å². The van der Waals surface area contributed by atoms with E-state index in [1.165, 1.54) is 6.92 Å². The van der Waals surface area contributed by atoms with Crippen LogP contribution in [0.2, 0.25) is 0 Å². The molecule has 1 aromatic carbocycles. The Morgan fingerprint density at radius 1 is 1.33 bits per heavy atom. The molecule has 1 aliphatic heterocycles. The maximum absolute atomic E-state index is 13.7. The lowest BCUT2D eigenvalue weighted by molar-refractivity contribution is 0.0696. The standard InChI is InChI=1S/C14H18FNO4S/c1-10-12(15)8-11(14(17)18)9-13(10)21(19,20)7-6-16-4-2-3-5-16/h8-9H,2-7H2,1H3,(H,17,18). The number of rotatable bonds is 5. The number of nitrogens with zero attached hydrogens (tertiary/aromatic N) is 1. The maximum atomic E-state index is 13.7. The van der Waals surface area contributed by atoms with Gasteiger partial charge in [0, 0.05) is 12.1 Å². The highest BCUT2D eigenvalue weighted by Crippen LogP contribution is 2.22. The summed E-state index contributed by atoms with van der Waals surface area (Å²) in [6.07, 6.45) is 2.12. The van der Waals surface area contributed by atoms with Crippen molar-refractivity contribution in [2.75, 3.05) is 25.4 Å². The molecule has 7 heteroatoms. The first-order chi connectivity index (χ1) is 9.81. The van der Waals surface area contributed by atoms with E-state index >= 15 is 0 Å². The molecule has 0 saturated carbocycles. The fourth-order valence-corrected chi connectivity index (χ4v) is 4.05. The number of likely N-dealkylation sites (tertiary alicyclic amines) is 1. The smallest absolute Gasteiger partial charge is 0.335 e. The van der Waals surface area contributed by atoms with Crippen molar-refractivity contribution in [2.24, 2.45) is 0 Å². The van der Waals surface area contributed by atoms with Crippen LogP contribution in [0.4, 0.5) is 4.39 Å². The number of sulfone groups is 1. The van der Waals surface area contributed by atoms with Crippen molar-refractivity contribution in [3.05, 3.63) is 29.1 Å². The molecule has 1 heterocycles. The Morgan fingerprint density at radius 3 is 2.52 bits per heavy atom. The average molecular weight is 315 g/mol. The van der Waals surface area contributed by atoms with Gasteiger partial charge in [0.1, 0.15) is 5.82 Å². The molecule has 1 saturated heterocycles. The summed E-state index contributed by atoms with van der Waals surface area (Å²) in [6, 6.07) is 1.89. The predicted octanol–water partition coefficient (Wildman–Crippen LogP) is 1.70. The van der Waals surface area contributed by atoms with Crippen LogP contribution in [-0.4, -0.2) is 49.8 Å². The van der Waals surface area contributed by atoms with Gasteiger partial charge in [0.25, 0.3) is 0 Å². The molecule has 0 aromatic heterocycles. The zero-order valence-corrected chi connectivity index (χ0v) is 12.6. The Kier molecular flexibility index (Phi) is 4.63. The van der Waals surface area contributed by atoms with E-state index in [9.17, 15) is 17.6 Å². The third-order valence-electron chi connectivity index (χ3n) is 3.75. The third kappa shape index (κ3) is 3.59. The number of halogens is 1. The summed E-state index contributed by atoms with van der Waals surface area (Å²) in [5.41, 5.74) is -0.376. The number of aromatic carboxylic acids is 1. The van der Waals surface area contributed by atoms with Crippen LogP contribution in [-0.2, 0) is 9.84 Å². The Hall–Kier alpha value is -1.47. The summed E-state index contributed by atoms with van der Waals surface area (Å²) in [4.78, 5) is 12.8. The van der Waals surface area contributed by atoms with Gasteiger partial charge < -0.3 is 10.0 Å². The number of hydrogen-bond acceptors (Lipinski definition) is 4. The first-order valence-corrected chi connectivity index (χ1v) is 8.45. The second-order valence-corrected chi connectivity index (χ2v) is 7.33. The summed E-state index contributed by atoms with van der Waals surface area (Å²) >= 11 is 0. The van der Waals surface area contributed by atoms with Crippen molar-refractivity contribution >= 4 is 15.8 Å². The molecule has 1 N–H and O–H groups in total. The molecule has 2 rings (SSSR count). The van der Waals surface area contributed by atoms with E-state index < -0.39 is 21.6 Å². The van der Waals surface area contributed by atoms with E-state index in [4.69, 9.17) is 5.11 Å². The molecule has 0 aliphatic carbocycles. The molecular formula is C14H18FNO4S. The van der Waals surface area contributed by atoms with Crippen molar-refractivity contribution in [3.63, 3.8) is 0 Å². The number of hydrogen-bond donors (Lipinski definition) is 1. The van der Waals surface area contributed by atoms with Gasteiger partial charge in [0.2, 0.25) is 0 Å². The summed E-state index contributed by atoms with van der Waals surface area (Å²) in [7, 11) is -3.70. The van der Waals surface area contributed by atoms with E-state index in [-0.39, 0.29) is 21.8 Å². The van der Waals surface area contributed by atoms with E-state index in [0.29, 0.717) is 6.54 Å². The zero-order chi connectivity index (χ0) is 15.6. The van der Waals surface area contributed by atoms with Gasteiger partial charge in [-0.25, -0.2) is 17.6 Å². The summed E-state index contributed by atoms with van der Waals surface area (Å²) < 4.78 is 38.4. The third-order valence-corrected chi connectivity index (χ3v) is 5.57. The van der Waals surface area contributed by atoms with Gasteiger partial charge in [0.15, 0.2) is 9.84 Å². The van der Waals surface area contributed by atoms with E-state index in [0.717, 1.165) is 38.1 Å². The molecule has 5 nitrogen and oxygen atoms in total. The van der Waals surface area contributed by atoms with Gasteiger partial charge in [-0.15, -0.1) is 0 Å². The van der Waals surface area contributed by atoms with E-state index in [2.05, 4.69) is 0 Å². The Balaban J connectivity index is 2.27. The number of carboxylic acids is 1. The minimum absolute atomic E-state index is 0.0265. The van der Waals surface area contributed by atoms with Crippen LogP contribution in [0, 0.1) is 12.7 Å². The Morgan fingerprint density at radius 2 is 1.95 bits per heavy atom. The minimum Gasteiger partial charge on any atom is -0.478 e. The van der Waals surface area contributed by atoms with Gasteiger partial charge in [-0.3, -0.25) is 0 Å². The molecule has 1 fully saturated rings. The van der Waals surface area contributed by atoms with Crippen LogP contribution in [0.1, 0.15) is 28.8 Å². The van der Waals surface area contributed by atoms with Crippen LogP contribution in [0.15, 0.2) is 17.0 Å². The summed E-state index contributed by atoms with van der Waals surface area (Å²) in [6.45, 7) is 3.49. The first kappa shape index (κ1) is 15.9. The number of carbonyl (C=O) groups is 1. The van der Waals surface area contributed by atoms with Crippen LogP contribution >= 0.6 is 0 Å². The fourth-order valence-electron chi connectivity index (χ4n) is 2.47. The average Bonchev–Trinajstić information content (AvgIpc) is 2.92. The van der Waals surface area contributed by atoms with E-state index in [1.54, 1.807) is 0 Å². The van der Waals surface area contributed by atoms with Gasteiger partial charge in [-0.1, -0.05) is 0 Å². The highest BCUT2D eigenvalue weighted by atomic mass is 32.2. The molecule has 0 atom stereocenters. The van der Waals surface area contributed by atoms with Crippen LogP contribution < -0.4 is 0 Å². The monoisotopic (exact) mass is 315 g/mol. The predicted molar refractivity (Wildman–Crippen MR) is 75.8 cm³/mol. The first-order valence-electron chi connectivity index (χ1n) is 6.80. The quantitative estimate of drug-likeness (QED) is 0.895. The lowest BCUT2D eigenvalue weighted by Gasteiger charge is -2.15. The molecular weight excluding hydrogens is 297 g/mol. The minimum atomic E-state index is -3.70. The van der Waals surface area contributed by atoms with Crippen molar-refractivity contribution in [1.82, 2.24) is 4.90 Å². The van der Waals surface area contributed by atoms with Gasteiger partial charge >= 0.3 is 5.97 Å². The fraction of sp³-hybridized carbons (Fsp3) is 0.500. The van der Waals surface area contributed by atoms with Gasteiger partial charge in [0.05, 0.1) is 16.2 Å². The van der Waals surface area contributed by atoms with Crippen LogP contribution in [0.5, 0.6) is 0 Å². The van der Waals surface area contributed by atoms with Crippen molar-refractivity contribution in [1.29, 1.82) is 0 Å². The zero-order valence-electron chi connectivity index (χ0n) is 11.8. The maximum Gasteiger partial charge on any atom is 0.335 e.